The van der Waals surface area contributed by atoms with Gasteiger partial charge in [-0.15, -0.1) is 11.3 Å². The van der Waals surface area contributed by atoms with E-state index >= 15 is 0 Å². The number of hydrogen-bond donors (Lipinski definition) is 3. The number of aromatic nitrogens is 3. The Bertz CT molecular complexity index is 669. The molecule has 0 atom stereocenters. The molecule has 116 valence electrons. The van der Waals surface area contributed by atoms with Crippen molar-refractivity contribution >= 4 is 37.3 Å². The van der Waals surface area contributed by atoms with Crippen LogP contribution in [0.15, 0.2) is 21.1 Å². The highest BCUT2D eigenvalue weighted by Crippen LogP contribution is 2.31. The molecule has 0 aliphatic rings. The second-order valence-electron chi connectivity index (χ2n) is 4.28. The van der Waals surface area contributed by atoms with Crippen molar-refractivity contribution in [2.24, 2.45) is 0 Å². The Morgan fingerprint density at radius 1 is 1.43 bits per heavy atom. The molecule has 0 fully saturated rings. The van der Waals surface area contributed by atoms with Crippen molar-refractivity contribution in [3.05, 3.63) is 26.9 Å². The first-order valence-electron chi connectivity index (χ1n) is 6.35. The van der Waals surface area contributed by atoms with E-state index in [9.17, 15) is 8.42 Å². The molecule has 0 saturated heterocycles. The monoisotopic (exact) mass is 393 g/mol. The summed E-state index contributed by atoms with van der Waals surface area (Å²) in [6.07, 6.45) is 2.37. The van der Waals surface area contributed by atoms with Crippen molar-refractivity contribution in [3.63, 3.8) is 0 Å². The summed E-state index contributed by atoms with van der Waals surface area (Å²) in [5.41, 5.74) is 0. The van der Waals surface area contributed by atoms with Gasteiger partial charge in [-0.2, -0.15) is 5.10 Å². The SMILES string of the molecule is CCCNCc1cc(S(=O)(=O)NCc2ncn[nH]2)c(Br)s1. The lowest BCUT2D eigenvalue weighted by Gasteiger charge is -2.03. The highest BCUT2D eigenvalue weighted by Gasteiger charge is 2.21. The Labute approximate surface area is 135 Å². The quantitative estimate of drug-likeness (QED) is 0.591. The molecule has 0 unspecified atom stereocenters. The lowest BCUT2D eigenvalue weighted by atomic mass is 10.4. The third-order valence-electron chi connectivity index (χ3n) is 2.62. The van der Waals surface area contributed by atoms with Gasteiger partial charge >= 0.3 is 0 Å². The minimum atomic E-state index is -3.58. The molecule has 2 aromatic rings. The predicted octanol–water partition coefficient (Wildman–Crippen LogP) is 1.61. The number of nitrogens with one attached hydrogen (secondary N) is 3. The van der Waals surface area contributed by atoms with E-state index in [1.807, 2.05) is 0 Å². The van der Waals surface area contributed by atoms with Crippen molar-refractivity contribution in [2.75, 3.05) is 6.54 Å². The van der Waals surface area contributed by atoms with E-state index in [0.717, 1.165) is 17.8 Å². The summed E-state index contributed by atoms with van der Waals surface area (Å²) in [4.78, 5) is 5.10. The molecule has 7 nitrogen and oxygen atoms in total. The number of hydrogen-bond acceptors (Lipinski definition) is 6. The van der Waals surface area contributed by atoms with Gasteiger partial charge in [0.15, 0.2) is 0 Å². The fourth-order valence-corrected chi connectivity index (χ4v) is 5.25. The Kier molecular flexibility index (Phi) is 5.88. The zero-order valence-electron chi connectivity index (χ0n) is 11.4. The molecular formula is C11H16BrN5O2S2. The van der Waals surface area contributed by atoms with Crippen LogP contribution in [0.2, 0.25) is 0 Å². The van der Waals surface area contributed by atoms with E-state index in [-0.39, 0.29) is 11.4 Å². The van der Waals surface area contributed by atoms with Gasteiger partial charge in [-0.3, -0.25) is 5.10 Å². The largest absolute Gasteiger partial charge is 0.312 e. The third kappa shape index (κ3) is 4.58. The molecule has 0 aromatic carbocycles. The lowest BCUT2D eigenvalue weighted by Crippen LogP contribution is -2.23. The fraction of sp³-hybridized carbons (Fsp3) is 0.455. The van der Waals surface area contributed by atoms with E-state index in [1.54, 1.807) is 6.07 Å². The number of H-pyrrole nitrogens is 1. The van der Waals surface area contributed by atoms with Crippen LogP contribution in [0.25, 0.3) is 0 Å². The van der Waals surface area contributed by atoms with Crippen molar-refractivity contribution in [3.8, 4) is 0 Å². The highest BCUT2D eigenvalue weighted by molar-refractivity contribution is 9.11. The Balaban J connectivity index is 2.05. The third-order valence-corrected chi connectivity index (χ3v) is 6.27. The van der Waals surface area contributed by atoms with Gasteiger partial charge in [-0.05, 0) is 35.0 Å². The van der Waals surface area contributed by atoms with Gasteiger partial charge in [0.1, 0.15) is 17.0 Å². The summed E-state index contributed by atoms with van der Waals surface area (Å²) in [7, 11) is -3.58. The molecule has 3 N–H and O–H groups in total. The van der Waals surface area contributed by atoms with Crippen LogP contribution >= 0.6 is 27.3 Å². The van der Waals surface area contributed by atoms with Crippen molar-refractivity contribution in [1.29, 1.82) is 0 Å². The van der Waals surface area contributed by atoms with Crippen LogP contribution in [-0.2, 0) is 23.1 Å². The second kappa shape index (κ2) is 7.45. The maximum Gasteiger partial charge on any atom is 0.242 e. The first-order valence-corrected chi connectivity index (χ1v) is 9.45. The van der Waals surface area contributed by atoms with Gasteiger partial charge in [0, 0.05) is 11.4 Å². The zero-order valence-corrected chi connectivity index (χ0v) is 14.6. The number of thiophene rings is 1. The maximum absolute atomic E-state index is 12.3. The van der Waals surface area contributed by atoms with Crippen LogP contribution in [0.5, 0.6) is 0 Å². The molecule has 0 aliphatic carbocycles. The summed E-state index contributed by atoms with van der Waals surface area (Å²) in [5, 5.41) is 9.53. The first kappa shape index (κ1) is 16.6. The molecule has 0 amide bonds. The average molecular weight is 394 g/mol. The number of aromatic amines is 1. The molecular weight excluding hydrogens is 378 g/mol. The maximum atomic E-state index is 12.3. The van der Waals surface area contributed by atoms with Gasteiger partial charge in [0.05, 0.1) is 10.3 Å². The molecule has 0 bridgehead atoms. The molecule has 2 heterocycles. The summed E-state index contributed by atoms with van der Waals surface area (Å²) >= 11 is 4.73. The van der Waals surface area contributed by atoms with E-state index < -0.39 is 10.0 Å². The molecule has 0 radical (unpaired) electrons. The van der Waals surface area contributed by atoms with Gasteiger partial charge in [0.2, 0.25) is 10.0 Å². The van der Waals surface area contributed by atoms with Gasteiger partial charge < -0.3 is 5.32 Å². The Hall–Kier alpha value is -0.810. The molecule has 0 aliphatic heterocycles. The average Bonchev–Trinajstić information content (AvgIpc) is 3.07. The fourth-order valence-electron chi connectivity index (χ4n) is 1.61. The van der Waals surface area contributed by atoms with E-state index in [0.29, 0.717) is 16.2 Å². The van der Waals surface area contributed by atoms with Crippen LogP contribution in [0.3, 0.4) is 0 Å². The van der Waals surface area contributed by atoms with E-state index in [2.05, 4.69) is 48.1 Å². The van der Waals surface area contributed by atoms with Crippen LogP contribution in [-0.4, -0.2) is 30.1 Å². The molecule has 2 rings (SSSR count). The standard InChI is InChI=1S/C11H16BrN5O2S2/c1-2-3-13-5-8-4-9(11(12)20-8)21(18,19)16-6-10-14-7-15-17-10/h4,7,13,16H,2-3,5-6H2,1H3,(H,14,15,17). The van der Waals surface area contributed by atoms with Crippen LogP contribution in [0.4, 0.5) is 0 Å². The van der Waals surface area contributed by atoms with E-state index in [4.69, 9.17) is 0 Å². The molecule has 0 spiro atoms. The Morgan fingerprint density at radius 3 is 2.90 bits per heavy atom. The number of rotatable bonds is 8. The summed E-state index contributed by atoms with van der Waals surface area (Å²) in [6, 6.07) is 1.68. The normalized spacial score (nSPS) is 11.9. The zero-order chi connectivity index (χ0) is 15.3. The summed E-state index contributed by atoms with van der Waals surface area (Å²) < 4.78 is 27.6. The molecule has 21 heavy (non-hydrogen) atoms. The van der Waals surface area contributed by atoms with Crippen LogP contribution in [0, 0.1) is 0 Å². The minimum Gasteiger partial charge on any atom is -0.312 e. The van der Waals surface area contributed by atoms with Gasteiger partial charge in [0.25, 0.3) is 0 Å². The number of halogens is 1. The van der Waals surface area contributed by atoms with Crippen molar-refractivity contribution in [1.82, 2.24) is 25.2 Å². The van der Waals surface area contributed by atoms with E-state index in [1.165, 1.54) is 17.7 Å². The molecule has 2 aromatic heterocycles. The Morgan fingerprint density at radius 2 is 2.24 bits per heavy atom. The smallest absolute Gasteiger partial charge is 0.242 e. The van der Waals surface area contributed by atoms with Crippen LogP contribution in [0.1, 0.15) is 24.0 Å². The van der Waals surface area contributed by atoms with Crippen molar-refractivity contribution in [2.45, 2.75) is 31.3 Å². The van der Waals surface area contributed by atoms with Gasteiger partial charge in [-0.25, -0.2) is 18.1 Å². The molecule has 0 saturated carbocycles. The number of nitrogens with zero attached hydrogens (tertiary/aromatic N) is 2. The molecule has 10 heteroatoms. The number of sulfonamides is 1. The van der Waals surface area contributed by atoms with Crippen LogP contribution < -0.4 is 10.0 Å². The summed E-state index contributed by atoms with van der Waals surface area (Å²) in [5.74, 6) is 0.467. The summed E-state index contributed by atoms with van der Waals surface area (Å²) in [6.45, 7) is 3.73. The predicted molar refractivity (Wildman–Crippen MR) is 84.4 cm³/mol. The van der Waals surface area contributed by atoms with Crippen molar-refractivity contribution < 1.29 is 8.42 Å². The minimum absolute atomic E-state index is 0.0774. The topological polar surface area (TPSA) is 99.8 Å². The lowest BCUT2D eigenvalue weighted by molar-refractivity contribution is 0.579. The van der Waals surface area contributed by atoms with Gasteiger partial charge in [-0.1, -0.05) is 6.92 Å². The first-order chi connectivity index (χ1) is 10.0. The highest BCUT2D eigenvalue weighted by atomic mass is 79.9. The second-order valence-corrected chi connectivity index (χ2v) is 8.47.